The summed E-state index contributed by atoms with van der Waals surface area (Å²) < 4.78 is 11.4. The molecule has 7 heteroatoms. The van der Waals surface area contributed by atoms with E-state index in [1.54, 1.807) is 19.2 Å². The van der Waals surface area contributed by atoms with Crippen molar-refractivity contribution >= 4 is 34.2 Å². The number of aromatic nitrogens is 2. The zero-order chi connectivity index (χ0) is 20.9. The Bertz CT molecular complexity index is 1110. The third-order valence-electron chi connectivity index (χ3n) is 4.72. The van der Waals surface area contributed by atoms with Crippen molar-refractivity contribution < 1.29 is 9.47 Å². The number of nitrogens with one attached hydrogen (secondary N) is 2. The number of fused-ring (bicyclic) bond motifs is 1. The number of imidazole rings is 1. The summed E-state index contributed by atoms with van der Waals surface area (Å²) in [7, 11) is 1.62. The highest BCUT2D eigenvalue weighted by molar-refractivity contribution is 6.35. The Hall–Kier alpha value is -2.73. The average Bonchev–Trinajstić information content (AvgIpc) is 3.17. The van der Waals surface area contributed by atoms with Gasteiger partial charge in [-0.2, -0.15) is 0 Å². The van der Waals surface area contributed by atoms with Gasteiger partial charge in [0.2, 0.25) is 0 Å². The fraction of sp³-hybridized carbons (Fsp3) is 0.174. The van der Waals surface area contributed by atoms with E-state index in [0.29, 0.717) is 34.6 Å². The molecule has 2 N–H and O–H groups in total. The fourth-order valence-corrected chi connectivity index (χ4v) is 3.68. The SMILES string of the molecule is COc1cc(CNCc2nc3ccccc3[nH]2)ccc1OCc1c(Cl)cccc1Cl. The third kappa shape index (κ3) is 4.70. The second-order valence-electron chi connectivity index (χ2n) is 6.78. The largest absolute Gasteiger partial charge is 0.493 e. The van der Waals surface area contributed by atoms with Gasteiger partial charge in [0.1, 0.15) is 12.4 Å². The van der Waals surface area contributed by atoms with Crippen LogP contribution in [0.5, 0.6) is 11.5 Å². The molecule has 0 aliphatic carbocycles. The highest BCUT2D eigenvalue weighted by Crippen LogP contribution is 2.31. The summed E-state index contributed by atoms with van der Waals surface area (Å²) >= 11 is 12.4. The fourth-order valence-electron chi connectivity index (χ4n) is 3.18. The van der Waals surface area contributed by atoms with Gasteiger partial charge in [-0.05, 0) is 42.0 Å². The molecule has 3 aromatic carbocycles. The van der Waals surface area contributed by atoms with Crippen LogP contribution in [0.25, 0.3) is 11.0 Å². The van der Waals surface area contributed by atoms with E-state index < -0.39 is 0 Å². The van der Waals surface area contributed by atoms with E-state index in [-0.39, 0.29) is 6.61 Å². The zero-order valence-corrected chi connectivity index (χ0v) is 17.9. The second kappa shape index (κ2) is 9.39. The molecule has 154 valence electrons. The summed E-state index contributed by atoms with van der Waals surface area (Å²) in [4.78, 5) is 7.89. The predicted octanol–water partition coefficient (Wildman–Crippen LogP) is 5.75. The van der Waals surface area contributed by atoms with Crippen molar-refractivity contribution in [3.8, 4) is 11.5 Å². The topological polar surface area (TPSA) is 59.2 Å². The Morgan fingerprint density at radius 2 is 1.73 bits per heavy atom. The molecular weight excluding hydrogens is 421 g/mol. The Kier molecular flexibility index (Phi) is 6.43. The van der Waals surface area contributed by atoms with E-state index in [0.717, 1.165) is 28.0 Å². The lowest BCUT2D eigenvalue weighted by Gasteiger charge is -2.14. The number of hydrogen-bond acceptors (Lipinski definition) is 4. The number of para-hydroxylation sites is 2. The van der Waals surface area contributed by atoms with Gasteiger partial charge in [0.15, 0.2) is 11.5 Å². The number of aromatic amines is 1. The van der Waals surface area contributed by atoms with Crippen molar-refractivity contribution in [1.29, 1.82) is 0 Å². The Balaban J connectivity index is 1.38. The second-order valence-corrected chi connectivity index (χ2v) is 7.59. The number of ether oxygens (including phenoxy) is 2. The molecular formula is C23H21Cl2N3O2. The summed E-state index contributed by atoms with van der Waals surface area (Å²) in [5.41, 5.74) is 3.83. The monoisotopic (exact) mass is 441 g/mol. The van der Waals surface area contributed by atoms with E-state index in [2.05, 4.69) is 15.3 Å². The molecule has 0 aliphatic heterocycles. The number of H-pyrrole nitrogens is 1. The van der Waals surface area contributed by atoms with E-state index in [1.807, 2.05) is 48.5 Å². The maximum atomic E-state index is 6.22. The van der Waals surface area contributed by atoms with Crippen LogP contribution in [0.15, 0.2) is 60.7 Å². The molecule has 0 saturated heterocycles. The minimum absolute atomic E-state index is 0.262. The van der Waals surface area contributed by atoms with E-state index in [9.17, 15) is 0 Å². The first kappa shape index (κ1) is 20.5. The van der Waals surface area contributed by atoms with Crippen LogP contribution in [-0.2, 0) is 19.7 Å². The van der Waals surface area contributed by atoms with Gasteiger partial charge in [-0.3, -0.25) is 0 Å². The Labute approximate surface area is 184 Å². The van der Waals surface area contributed by atoms with Crippen LogP contribution in [0.2, 0.25) is 10.0 Å². The zero-order valence-electron chi connectivity index (χ0n) is 16.4. The standard InChI is InChI=1S/C23H21Cl2N3O2/c1-29-22-11-15(12-26-13-23-27-19-7-2-3-8-20(19)28-23)9-10-21(22)30-14-16-17(24)5-4-6-18(16)25/h2-11,26H,12-14H2,1H3,(H,27,28). The lowest BCUT2D eigenvalue weighted by Crippen LogP contribution is -2.13. The molecule has 0 spiro atoms. The van der Waals surface area contributed by atoms with Gasteiger partial charge in [0.25, 0.3) is 0 Å². The maximum absolute atomic E-state index is 6.22. The quantitative estimate of drug-likeness (QED) is 0.365. The van der Waals surface area contributed by atoms with E-state index in [4.69, 9.17) is 32.7 Å². The smallest absolute Gasteiger partial charge is 0.161 e. The van der Waals surface area contributed by atoms with Crippen LogP contribution in [0.3, 0.4) is 0 Å². The molecule has 1 heterocycles. The molecule has 0 fully saturated rings. The molecule has 5 nitrogen and oxygen atoms in total. The summed E-state index contributed by atoms with van der Waals surface area (Å²) in [5.74, 6) is 2.19. The highest BCUT2D eigenvalue weighted by Gasteiger charge is 2.10. The predicted molar refractivity (Wildman–Crippen MR) is 120 cm³/mol. The maximum Gasteiger partial charge on any atom is 0.161 e. The molecule has 0 aliphatic rings. The van der Waals surface area contributed by atoms with Gasteiger partial charge in [-0.1, -0.05) is 47.5 Å². The molecule has 4 aromatic rings. The molecule has 0 bridgehead atoms. The van der Waals surface area contributed by atoms with Crippen molar-refractivity contribution in [3.63, 3.8) is 0 Å². The first-order valence-corrected chi connectivity index (χ1v) is 10.3. The number of rotatable bonds is 8. The van der Waals surface area contributed by atoms with Crippen LogP contribution >= 0.6 is 23.2 Å². The normalized spacial score (nSPS) is 11.0. The first-order chi connectivity index (χ1) is 14.6. The minimum Gasteiger partial charge on any atom is -0.493 e. The van der Waals surface area contributed by atoms with Crippen LogP contribution in [0, 0.1) is 0 Å². The van der Waals surface area contributed by atoms with Crippen molar-refractivity contribution in [2.45, 2.75) is 19.7 Å². The molecule has 0 atom stereocenters. The molecule has 0 amide bonds. The molecule has 1 aromatic heterocycles. The van der Waals surface area contributed by atoms with Gasteiger partial charge in [-0.25, -0.2) is 4.98 Å². The number of methoxy groups -OCH3 is 1. The molecule has 0 saturated carbocycles. The van der Waals surface area contributed by atoms with Gasteiger partial charge in [-0.15, -0.1) is 0 Å². The number of benzene rings is 3. The summed E-state index contributed by atoms with van der Waals surface area (Å²) in [6.07, 6.45) is 0. The highest BCUT2D eigenvalue weighted by atomic mass is 35.5. The number of halogens is 2. The Morgan fingerprint density at radius 1 is 0.933 bits per heavy atom. The summed E-state index contributed by atoms with van der Waals surface area (Å²) in [6.45, 7) is 1.57. The molecule has 30 heavy (non-hydrogen) atoms. The van der Waals surface area contributed by atoms with E-state index in [1.165, 1.54) is 0 Å². The Morgan fingerprint density at radius 3 is 2.50 bits per heavy atom. The van der Waals surface area contributed by atoms with Crippen LogP contribution in [-0.4, -0.2) is 17.1 Å². The molecule has 4 rings (SSSR count). The minimum atomic E-state index is 0.262. The van der Waals surface area contributed by atoms with Crippen molar-refractivity contribution in [1.82, 2.24) is 15.3 Å². The van der Waals surface area contributed by atoms with Gasteiger partial charge < -0.3 is 19.8 Å². The lowest BCUT2D eigenvalue weighted by molar-refractivity contribution is 0.284. The molecule has 0 unspecified atom stereocenters. The first-order valence-electron chi connectivity index (χ1n) is 9.51. The number of hydrogen-bond donors (Lipinski definition) is 2. The van der Waals surface area contributed by atoms with Gasteiger partial charge >= 0.3 is 0 Å². The third-order valence-corrected chi connectivity index (χ3v) is 5.43. The lowest BCUT2D eigenvalue weighted by atomic mass is 10.2. The summed E-state index contributed by atoms with van der Waals surface area (Å²) in [6, 6.07) is 19.2. The van der Waals surface area contributed by atoms with Crippen LogP contribution in [0.1, 0.15) is 17.0 Å². The number of nitrogens with zero attached hydrogens (tertiary/aromatic N) is 1. The average molecular weight is 442 g/mol. The van der Waals surface area contributed by atoms with E-state index >= 15 is 0 Å². The van der Waals surface area contributed by atoms with Crippen LogP contribution in [0.4, 0.5) is 0 Å². The molecule has 0 radical (unpaired) electrons. The van der Waals surface area contributed by atoms with Crippen molar-refractivity contribution in [2.24, 2.45) is 0 Å². The van der Waals surface area contributed by atoms with Crippen molar-refractivity contribution in [3.05, 3.63) is 87.7 Å². The van der Waals surface area contributed by atoms with Crippen LogP contribution < -0.4 is 14.8 Å². The van der Waals surface area contributed by atoms with Gasteiger partial charge in [0, 0.05) is 22.2 Å². The van der Waals surface area contributed by atoms with Crippen molar-refractivity contribution in [2.75, 3.05) is 7.11 Å². The van der Waals surface area contributed by atoms with Gasteiger partial charge in [0.05, 0.1) is 24.7 Å². The summed E-state index contributed by atoms with van der Waals surface area (Å²) in [5, 5.41) is 4.55.